The first kappa shape index (κ1) is 13.4. The first-order valence-corrected chi connectivity index (χ1v) is 6.88. The van der Waals surface area contributed by atoms with Crippen LogP contribution in [0.3, 0.4) is 0 Å². The van der Waals surface area contributed by atoms with Crippen molar-refractivity contribution in [2.45, 2.75) is 33.2 Å². The maximum absolute atomic E-state index is 6.05. The zero-order valence-corrected chi connectivity index (χ0v) is 11.7. The second-order valence-corrected chi connectivity index (χ2v) is 5.22. The summed E-state index contributed by atoms with van der Waals surface area (Å²) in [5, 5.41) is 0.763. The van der Waals surface area contributed by atoms with Gasteiger partial charge in [0.1, 0.15) is 5.82 Å². The minimum Gasteiger partial charge on any atom is -0.330 e. The van der Waals surface area contributed by atoms with Crippen molar-refractivity contribution in [3.8, 4) is 0 Å². The van der Waals surface area contributed by atoms with Crippen molar-refractivity contribution < 1.29 is 0 Å². The van der Waals surface area contributed by atoms with Gasteiger partial charge in [0.05, 0.1) is 11.0 Å². The summed E-state index contributed by atoms with van der Waals surface area (Å²) in [4.78, 5) is 4.69. The molecule has 1 heterocycles. The number of imidazole rings is 1. The molecule has 1 atom stereocenters. The summed E-state index contributed by atoms with van der Waals surface area (Å²) in [6.07, 6.45) is 2.05. The van der Waals surface area contributed by atoms with E-state index in [1.54, 1.807) is 0 Å². The number of nitrogens with two attached hydrogens (primary N) is 1. The highest BCUT2D eigenvalue weighted by atomic mass is 35.5. The van der Waals surface area contributed by atoms with Crippen LogP contribution in [0.25, 0.3) is 11.0 Å². The van der Waals surface area contributed by atoms with E-state index in [0.29, 0.717) is 5.92 Å². The van der Waals surface area contributed by atoms with Crippen molar-refractivity contribution in [1.82, 2.24) is 9.55 Å². The summed E-state index contributed by atoms with van der Waals surface area (Å²) < 4.78 is 2.24. The van der Waals surface area contributed by atoms with Crippen LogP contribution >= 0.6 is 11.6 Å². The van der Waals surface area contributed by atoms with Gasteiger partial charge in [-0.3, -0.25) is 0 Å². The average Bonchev–Trinajstić information content (AvgIpc) is 2.72. The molecule has 0 radical (unpaired) electrons. The Bertz CT molecular complexity index is 533. The number of nitrogens with zero attached hydrogens (tertiary/aromatic N) is 2. The van der Waals surface area contributed by atoms with Gasteiger partial charge in [-0.1, -0.05) is 18.5 Å². The largest absolute Gasteiger partial charge is 0.330 e. The van der Waals surface area contributed by atoms with E-state index < -0.39 is 0 Å². The molecule has 1 aromatic heterocycles. The van der Waals surface area contributed by atoms with Crippen LogP contribution in [0.4, 0.5) is 0 Å². The number of benzene rings is 1. The van der Waals surface area contributed by atoms with Gasteiger partial charge in [-0.15, -0.1) is 0 Å². The fraction of sp³-hybridized carbons (Fsp3) is 0.500. The molecule has 18 heavy (non-hydrogen) atoms. The van der Waals surface area contributed by atoms with Crippen LogP contribution in [0.15, 0.2) is 18.2 Å². The lowest BCUT2D eigenvalue weighted by Crippen LogP contribution is -2.12. The lowest BCUT2D eigenvalue weighted by atomic mass is 10.1. The van der Waals surface area contributed by atoms with Gasteiger partial charge in [-0.2, -0.15) is 0 Å². The Balaban J connectivity index is 2.32. The molecule has 0 aliphatic rings. The van der Waals surface area contributed by atoms with Gasteiger partial charge in [-0.25, -0.2) is 4.98 Å². The third kappa shape index (κ3) is 2.68. The van der Waals surface area contributed by atoms with Crippen LogP contribution < -0.4 is 5.73 Å². The summed E-state index contributed by atoms with van der Waals surface area (Å²) in [6.45, 7) is 5.97. The summed E-state index contributed by atoms with van der Waals surface area (Å²) in [5.74, 6) is 1.67. The normalized spacial score (nSPS) is 13.1. The monoisotopic (exact) mass is 265 g/mol. The number of fused-ring (bicyclic) bond motifs is 1. The maximum Gasteiger partial charge on any atom is 0.109 e. The minimum absolute atomic E-state index is 0.540. The smallest absolute Gasteiger partial charge is 0.109 e. The molecule has 0 aliphatic carbocycles. The van der Waals surface area contributed by atoms with Gasteiger partial charge in [-0.05, 0) is 44.0 Å². The van der Waals surface area contributed by atoms with Crippen LogP contribution in [0, 0.1) is 5.92 Å². The highest BCUT2D eigenvalue weighted by Crippen LogP contribution is 2.22. The molecule has 1 unspecified atom stereocenters. The van der Waals surface area contributed by atoms with E-state index >= 15 is 0 Å². The Kier molecular flexibility index (Phi) is 4.25. The lowest BCUT2D eigenvalue weighted by molar-refractivity contribution is 0.527. The molecular formula is C14H20ClN3. The molecule has 4 heteroatoms. The molecule has 0 saturated heterocycles. The first-order valence-electron chi connectivity index (χ1n) is 6.50. The average molecular weight is 266 g/mol. The Morgan fingerprint density at radius 1 is 1.44 bits per heavy atom. The van der Waals surface area contributed by atoms with Gasteiger partial charge in [0.15, 0.2) is 0 Å². The second-order valence-electron chi connectivity index (χ2n) is 4.78. The number of aromatic nitrogens is 2. The van der Waals surface area contributed by atoms with Crippen molar-refractivity contribution >= 4 is 22.6 Å². The Hall–Kier alpha value is -1.06. The van der Waals surface area contributed by atoms with E-state index in [-0.39, 0.29) is 0 Å². The van der Waals surface area contributed by atoms with Gasteiger partial charge >= 0.3 is 0 Å². The van der Waals surface area contributed by atoms with Gasteiger partial charge in [0.2, 0.25) is 0 Å². The van der Waals surface area contributed by atoms with Crippen LogP contribution in [-0.4, -0.2) is 16.1 Å². The number of halogens is 1. The highest BCUT2D eigenvalue weighted by Gasteiger charge is 2.10. The van der Waals surface area contributed by atoms with Crippen molar-refractivity contribution in [3.05, 3.63) is 29.0 Å². The van der Waals surface area contributed by atoms with Crippen molar-refractivity contribution in [2.75, 3.05) is 6.54 Å². The molecule has 3 nitrogen and oxygen atoms in total. The fourth-order valence-electron chi connectivity index (χ4n) is 2.18. The predicted molar refractivity (Wildman–Crippen MR) is 77.0 cm³/mol. The Morgan fingerprint density at radius 2 is 2.22 bits per heavy atom. The maximum atomic E-state index is 6.05. The van der Waals surface area contributed by atoms with Crippen molar-refractivity contribution in [1.29, 1.82) is 0 Å². The molecule has 0 aliphatic heterocycles. The van der Waals surface area contributed by atoms with E-state index in [4.69, 9.17) is 22.3 Å². The molecule has 0 saturated carbocycles. The van der Waals surface area contributed by atoms with Crippen LogP contribution in [-0.2, 0) is 13.0 Å². The quantitative estimate of drug-likeness (QED) is 0.902. The van der Waals surface area contributed by atoms with Gasteiger partial charge < -0.3 is 10.3 Å². The molecule has 2 rings (SSSR count). The van der Waals surface area contributed by atoms with Gasteiger partial charge in [0.25, 0.3) is 0 Å². The number of rotatable bonds is 5. The van der Waals surface area contributed by atoms with Crippen molar-refractivity contribution in [3.63, 3.8) is 0 Å². The first-order chi connectivity index (χ1) is 8.65. The molecule has 1 aromatic carbocycles. The number of hydrogen-bond acceptors (Lipinski definition) is 2. The zero-order valence-electron chi connectivity index (χ0n) is 11.0. The minimum atomic E-state index is 0.540. The van der Waals surface area contributed by atoms with E-state index in [1.807, 2.05) is 18.2 Å². The van der Waals surface area contributed by atoms with Crippen LogP contribution in [0.5, 0.6) is 0 Å². The van der Waals surface area contributed by atoms with Crippen molar-refractivity contribution in [2.24, 2.45) is 11.7 Å². The Morgan fingerprint density at radius 3 is 2.89 bits per heavy atom. The van der Waals surface area contributed by atoms with Crippen LogP contribution in [0.1, 0.15) is 26.1 Å². The second kappa shape index (κ2) is 5.72. The topological polar surface area (TPSA) is 43.8 Å². The molecule has 98 valence electrons. The van der Waals surface area contributed by atoms with Crippen LogP contribution in [0.2, 0.25) is 5.02 Å². The van der Waals surface area contributed by atoms with Gasteiger partial charge in [0, 0.05) is 18.0 Å². The lowest BCUT2D eigenvalue weighted by Gasteiger charge is -2.09. The molecular weight excluding hydrogens is 246 g/mol. The van der Waals surface area contributed by atoms with E-state index in [1.165, 1.54) is 0 Å². The summed E-state index contributed by atoms with van der Waals surface area (Å²) in [5.41, 5.74) is 7.81. The predicted octanol–water partition coefficient (Wildman–Crippen LogP) is 3.24. The molecule has 2 N–H and O–H groups in total. The molecule has 0 spiro atoms. The molecule has 0 amide bonds. The molecule has 2 aromatic rings. The fourth-order valence-corrected chi connectivity index (χ4v) is 2.35. The number of hydrogen-bond donors (Lipinski definition) is 1. The third-order valence-corrected chi connectivity index (χ3v) is 3.60. The molecule has 0 bridgehead atoms. The zero-order chi connectivity index (χ0) is 13.1. The summed E-state index contributed by atoms with van der Waals surface area (Å²) in [6, 6.07) is 5.87. The van der Waals surface area contributed by atoms with E-state index in [0.717, 1.165) is 47.8 Å². The Labute approximate surface area is 113 Å². The SMILES string of the molecule is CCn1c(CCC(C)CN)nc2ccc(Cl)cc21. The molecule has 0 fully saturated rings. The summed E-state index contributed by atoms with van der Waals surface area (Å²) in [7, 11) is 0. The van der Waals surface area contributed by atoms with E-state index in [9.17, 15) is 0 Å². The third-order valence-electron chi connectivity index (χ3n) is 3.37. The number of aryl methyl sites for hydroxylation is 2. The summed E-state index contributed by atoms with van der Waals surface area (Å²) >= 11 is 6.05. The van der Waals surface area contributed by atoms with E-state index in [2.05, 4.69) is 18.4 Å². The highest BCUT2D eigenvalue weighted by molar-refractivity contribution is 6.31. The standard InChI is InChI=1S/C14H20ClN3/c1-3-18-13-8-11(15)5-6-12(13)17-14(18)7-4-10(2)9-16/h5-6,8,10H,3-4,7,9,16H2,1-2H3.